The normalized spacial score (nSPS) is 15.8. The average molecular weight is 188 g/mol. The maximum Gasteiger partial charge on any atom is 0.335 e. The van der Waals surface area contributed by atoms with Crippen molar-refractivity contribution in [1.82, 2.24) is 0 Å². The molecule has 0 radical (unpaired) electrons. The number of carboxylic acids is 1. The number of aliphatic carboxylic acids is 1. The Kier molecular flexibility index (Phi) is 4.99. The summed E-state index contributed by atoms with van der Waals surface area (Å²) < 4.78 is 5.24. The number of hydrogen-bond acceptors (Lipinski definition) is 2. The summed E-state index contributed by atoms with van der Waals surface area (Å²) in [6.45, 7) is 8.06. The largest absolute Gasteiger partial charge is 0.479 e. The third-order valence-electron chi connectivity index (χ3n) is 2.11. The number of ether oxygens (including phenoxy) is 1. The molecule has 0 fully saturated rings. The van der Waals surface area contributed by atoms with Gasteiger partial charge in [-0.15, -0.1) is 0 Å². The fraction of sp³-hybridized carbons (Fsp3) is 0.900. The quantitative estimate of drug-likeness (QED) is 0.695. The Morgan fingerprint density at radius 1 is 1.54 bits per heavy atom. The lowest BCUT2D eigenvalue weighted by Crippen LogP contribution is -2.38. The van der Waals surface area contributed by atoms with Gasteiger partial charge < -0.3 is 9.84 Å². The highest BCUT2D eigenvalue weighted by atomic mass is 16.5. The number of rotatable bonds is 6. The van der Waals surface area contributed by atoms with Crippen molar-refractivity contribution in [2.24, 2.45) is 5.92 Å². The van der Waals surface area contributed by atoms with E-state index in [0.717, 1.165) is 6.42 Å². The Morgan fingerprint density at radius 2 is 2.08 bits per heavy atom. The Labute approximate surface area is 80.1 Å². The molecule has 78 valence electrons. The molecule has 0 aliphatic heterocycles. The van der Waals surface area contributed by atoms with E-state index in [-0.39, 0.29) is 0 Å². The van der Waals surface area contributed by atoms with Gasteiger partial charge in [0.05, 0.1) is 0 Å². The molecular weight excluding hydrogens is 168 g/mol. The summed E-state index contributed by atoms with van der Waals surface area (Å²) in [7, 11) is 0. The molecule has 1 unspecified atom stereocenters. The van der Waals surface area contributed by atoms with Gasteiger partial charge >= 0.3 is 5.97 Å². The summed E-state index contributed by atoms with van der Waals surface area (Å²) in [6.07, 6.45) is 1.46. The first-order valence-electron chi connectivity index (χ1n) is 4.79. The first kappa shape index (κ1) is 12.4. The summed E-state index contributed by atoms with van der Waals surface area (Å²) in [5, 5.41) is 8.95. The monoisotopic (exact) mass is 188 g/mol. The predicted octanol–water partition coefficient (Wildman–Crippen LogP) is 2.30. The van der Waals surface area contributed by atoms with Crippen molar-refractivity contribution in [2.45, 2.75) is 46.1 Å². The van der Waals surface area contributed by atoms with E-state index in [1.165, 1.54) is 0 Å². The third-order valence-corrected chi connectivity index (χ3v) is 2.11. The van der Waals surface area contributed by atoms with Crippen molar-refractivity contribution in [1.29, 1.82) is 0 Å². The van der Waals surface area contributed by atoms with Gasteiger partial charge in [0.2, 0.25) is 0 Å². The highest BCUT2D eigenvalue weighted by Crippen LogP contribution is 2.20. The molecule has 0 aromatic heterocycles. The molecule has 0 bridgehead atoms. The molecule has 0 aliphatic carbocycles. The number of hydrogen-bond donors (Lipinski definition) is 1. The van der Waals surface area contributed by atoms with Crippen LogP contribution in [0.15, 0.2) is 0 Å². The predicted molar refractivity (Wildman–Crippen MR) is 51.7 cm³/mol. The molecule has 1 atom stereocenters. The van der Waals surface area contributed by atoms with Crippen LogP contribution in [-0.2, 0) is 9.53 Å². The highest BCUT2D eigenvalue weighted by Gasteiger charge is 2.33. The van der Waals surface area contributed by atoms with Gasteiger partial charge in [-0.3, -0.25) is 0 Å². The molecular formula is C10H20O3. The molecule has 0 heterocycles. The Bertz CT molecular complexity index is 166. The second-order valence-electron chi connectivity index (χ2n) is 3.90. The minimum absolute atomic E-state index is 0.445. The lowest BCUT2D eigenvalue weighted by atomic mass is 9.95. The Balaban J connectivity index is 4.16. The Hall–Kier alpha value is -0.570. The SMILES string of the molecule is CCOC(C)(CCC(C)C)C(=O)O. The summed E-state index contributed by atoms with van der Waals surface area (Å²) in [4.78, 5) is 10.9. The summed E-state index contributed by atoms with van der Waals surface area (Å²) in [6, 6.07) is 0. The average Bonchev–Trinajstić information content (AvgIpc) is 2.01. The molecule has 1 N–H and O–H groups in total. The molecule has 0 spiro atoms. The van der Waals surface area contributed by atoms with Crippen LogP contribution in [0.4, 0.5) is 0 Å². The molecule has 0 aromatic carbocycles. The second kappa shape index (κ2) is 5.22. The van der Waals surface area contributed by atoms with E-state index in [2.05, 4.69) is 13.8 Å². The van der Waals surface area contributed by atoms with E-state index >= 15 is 0 Å². The molecule has 0 saturated heterocycles. The lowest BCUT2D eigenvalue weighted by molar-refractivity contribution is -0.164. The third kappa shape index (κ3) is 4.27. The number of carboxylic acid groups (broad SMARTS) is 1. The molecule has 0 aliphatic rings. The molecule has 0 rings (SSSR count). The first-order valence-corrected chi connectivity index (χ1v) is 4.79. The highest BCUT2D eigenvalue weighted by molar-refractivity contribution is 5.76. The second-order valence-corrected chi connectivity index (χ2v) is 3.90. The smallest absolute Gasteiger partial charge is 0.335 e. The van der Waals surface area contributed by atoms with Crippen LogP contribution in [-0.4, -0.2) is 23.3 Å². The van der Waals surface area contributed by atoms with Crippen LogP contribution >= 0.6 is 0 Å². The minimum atomic E-state index is -1.00. The zero-order chi connectivity index (χ0) is 10.5. The minimum Gasteiger partial charge on any atom is -0.479 e. The molecule has 0 amide bonds. The van der Waals surface area contributed by atoms with Gasteiger partial charge in [0.15, 0.2) is 5.60 Å². The lowest BCUT2D eigenvalue weighted by Gasteiger charge is -2.25. The van der Waals surface area contributed by atoms with E-state index in [4.69, 9.17) is 9.84 Å². The van der Waals surface area contributed by atoms with Crippen molar-refractivity contribution in [2.75, 3.05) is 6.61 Å². The molecule has 3 heteroatoms. The Morgan fingerprint density at radius 3 is 2.38 bits per heavy atom. The van der Waals surface area contributed by atoms with Crippen molar-refractivity contribution in [3.63, 3.8) is 0 Å². The van der Waals surface area contributed by atoms with Gasteiger partial charge in [-0.1, -0.05) is 13.8 Å². The van der Waals surface area contributed by atoms with Crippen LogP contribution in [0.3, 0.4) is 0 Å². The maximum atomic E-state index is 10.9. The van der Waals surface area contributed by atoms with Crippen LogP contribution in [0.5, 0.6) is 0 Å². The van der Waals surface area contributed by atoms with Crippen LogP contribution < -0.4 is 0 Å². The van der Waals surface area contributed by atoms with Crippen LogP contribution in [0.1, 0.15) is 40.5 Å². The molecule has 3 nitrogen and oxygen atoms in total. The first-order chi connectivity index (χ1) is 5.92. The zero-order valence-electron chi connectivity index (χ0n) is 8.96. The summed E-state index contributed by atoms with van der Waals surface area (Å²) in [5.41, 5.74) is -1.00. The number of carbonyl (C=O) groups is 1. The van der Waals surface area contributed by atoms with Crippen LogP contribution in [0.2, 0.25) is 0 Å². The van der Waals surface area contributed by atoms with Gasteiger partial charge in [-0.05, 0) is 32.6 Å². The topological polar surface area (TPSA) is 46.5 Å². The van der Waals surface area contributed by atoms with Crippen molar-refractivity contribution < 1.29 is 14.6 Å². The molecule has 13 heavy (non-hydrogen) atoms. The van der Waals surface area contributed by atoms with E-state index in [1.54, 1.807) is 6.92 Å². The van der Waals surface area contributed by atoms with E-state index in [0.29, 0.717) is 18.9 Å². The van der Waals surface area contributed by atoms with Gasteiger partial charge in [0, 0.05) is 6.61 Å². The van der Waals surface area contributed by atoms with Crippen molar-refractivity contribution in [3.05, 3.63) is 0 Å². The summed E-state index contributed by atoms with van der Waals surface area (Å²) >= 11 is 0. The van der Waals surface area contributed by atoms with Crippen LogP contribution in [0.25, 0.3) is 0 Å². The van der Waals surface area contributed by atoms with Crippen molar-refractivity contribution in [3.8, 4) is 0 Å². The van der Waals surface area contributed by atoms with Gasteiger partial charge in [-0.2, -0.15) is 0 Å². The molecule has 0 aromatic rings. The van der Waals surface area contributed by atoms with Gasteiger partial charge in [-0.25, -0.2) is 4.79 Å². The zero-order valence-corrected chi connectivity index (χ0v) is 8.96. The van der Waals surface area contributed by atoms with E-state index in [1.807, 2.05) is 6.92 Å². The maximum absolute atomic E-state index is 10.9. The van der Waals surface area contributed by atoms with Gasteiger partial charge in [0.25, 0.3) is 0 Å². The fourth-order valence-corrected chi connectivity index (χ4v) is 1.12. The van der Waals surface area contributed by atoms with Crippen molar-refractivity contribution >= 4 is 5.97 Å². The van der Waals surface area contributed by atoms with E-state index < -0.39 is 11.6 Å². The van der Waals surface area contributed by atoms with E-state index in [9.17, 15) is 4.79 Å². The fourth-order valence-electron chi connectivity index (χ4n) is 1.12. The molecule has 0 saturated carbocycles. The summed E-state index contributed by atoms with van der Waals surface area (Å²) in [5.74, 6) is -0.353. The van der Waals surface area contributed by atoms with Gasteiger partial charge in [0.1, 0.15) is 0 Å². The standard InChI is InChI=1S/C10H20O3/c1-5-13-10(4,9(11)12)7-6-8(2)3/h8H,5-7H2,1-4H3,(H,11,12). The van der Waals surface area contributed by atoms with Crippen LogP contribution in [0, 0.1) is 5.92 Å².